The van der Waals surface area contributed by atoms with Gasteiger partial charge in [0.05, 0.1) is 0 Å². The molecule has 1 fully saturated rings. The summed E-state index contributed by atoms with van der Waals surface area (Å²) in [6, 6.07) is 16.6. The average Bonchev–Trinajstić information content (AvgIpc) is 2.73. The summed E-state index contributed by atoms with van der Waals surface area (Å²) in [5.74, 6) is 0. The van der Waals surface area contributed by atoms with Crippen molar-refractivity contribution >= 4 is 22.3 Å². The number of fused-ring (bicyclic) bond motifs is 1. The van der Waals surface area contributed by atoms with Gasteiger partial charge in [0.2, 0.25) is 0 Å². The van der Waals surface area contributed by atoms with E-state index in [-0.39, 0.29) is 5.56 Å². The number of pyridine rings is 1. The van der Waals surface area contributed by atoms with E-state index in [4.69, 9.17) is 0 Å². The molecule has 0 radical (unpaired) electrons. The van der Waals surface area contributed by atoms with Crippen LogP contribution in [0.3, 0.4) is 0 Å². The summed E-state index contributed by atoms with van der Waals surface area (Å²) in [5.41, 5.74) is 5.08. The molecule has 146 valence electrons. The summed E-state index contributed by atoms with van der Waals surface area (Å²) in [6.07, 6.45) is 0. The second-order valence-electron chi connectivity index (χ2n) is 7.54. The second kappa shape index (κ2) is 8.07. The van der Waals surface area contributed by atoms with Gasteiger partial charge in [-0.15, -0.1) is 0 Å². The zero-order valence-corrected chi connectivity index (χ0v) is 16.7. The van der Waals surface area contributed by atoms with Crippen molar-refractivity contribution in [2.45, 2.75) is 20.4 Å². The minimum absolute atomic E-state index is 0.0331. The summed E-state index contributed by atoms with van der Waals surface area (Å²) < 4.78 is 0. The molecule has 4 rings (SSSR count). The van der Waals surface area contributed by atoms with E-state index in [1.807, 2.05) is 18.2 Å². The molecule has 2 N–H and O–H groups in total. The van der Waals surface area contributed by atoms with E-state index >= 15 is 0 Å². The number of nitrogens with zero attached hydrogens (tertiary/aromatic N) is 2. The van der Waals surface area contributed by atoms with Crippen molar-refractivity contribution in [2.75, 3.05) is 42.9 Å². The number of piperazine rings is 1. The van der Waals surface area contributed by atoms with Crippen LogP contribution < -0.4 is 15.8 Å². The minimum atomic E-state index is -0.0331. The monoisotopic (exact) mass is 376 g/mol. The van der Waals surface area contributed by atoms with E-state index < -0.39 is 0 Å². The van der Waals surface area contributed by atoms with Crippen molar-refractivity contribution in [3.8, 4) is 0 Å². The van der Waals surface area contributed by atoms with Gasteiger partial charge in [-0.05, 0) is 61.3 Å². The number of anilines is 2. The van der Waals surface area contributed by atoms with E-state index in [0.29, 0.717) is 6.54 Å². The smallest absolute Gasteiger partial charge is 0.253 e. The van der Waals surface area contributed by atoms with Gasteiger partial charge in [-0.1, -0.05) is 18.6 Å². The standard InChI is InChI=1S/C23H28N4O/c1-3-26-10-12-27(13-11-26)21-7-5-20(6-8-21)24-16-19-15-18-14-17(2)4-9-22(18)25-23(19)28/h4-9,14-15,24H,3,10-13,16H2,1-2H3,(H,25,28). The van der Waals surface area contributed by atoms with E-state index in [9.17, 15) is 4.79 Å². The lowest BCUT2D eigenvalue weighted by atomic mass is 10.1. The van der Waals surface area contributed by atoms with Gasteiger partial charge < -0.3 is 20.1 Å². The topological polar surface area (TPSA) is 51.4 Å². The van der Waals surface area contributed by atoms with Crippen molar-refractivity contribution in [1.29, 1.82) is 0 Å². The molecule has 0 aliphatic carbocycles. The number of nitrogens with one attached hydrogen (secondary N) is 2. The highest BCUT2D eigenvalue weighted by Crippen LogP contribution is 2.20. The van der Waals surface area contributed by atoms with Crippen LogP contribution in [0.4, 0.5) is 11.4 Å². The van der Waals surface area contributed by atoms with Crippen LogP contribution in [0.25, 0.3) is 10.9 Å². The lowest BCUT2D eigenvalue weighted by Gasteiger charge is -2.35. The Kier molecular flexibility index (Phi) is 5.35. The molecular formula is C23H28N4O. The number of H-pyrrole nitrogens is 1. The first kappa shape index (κ1) is 18.6. The number of aromatic amines is 1. The maximum Gasteiger partial charge on any atom is 0.253 e. The molecule has 1 aliphatic heterocycles. The molecule has 5 heteroatoms. The summed E-state index contributed by atoms with van der Waals surface area (Å²) in [6.45, 7) is 10.3. The molecule has 1 saturated heterocycles. The third-order valence-electron chi connectivity index (χ3n) is 5.61. The zero-order chi connectivity index (χ0) is 19.5. The van der Waals surface area contributed by atoms with Crippen LogP contribution >= 0.6 is 0 Å². The van der Waals surface area contributed by atoms with Crippen LogP contribution in [0.15, 0.2) is 53.3 Å². The summed E-state index contributed by atoms with van der Waals surface area (Å²) in [4.78, 5) is 20.2. The third kappa shape index (κ3) is 4.04. The third-order valence-corrected chi connectivity index (χ3v) is 5.61. The highest BCUT2D eigenvalue weighted by molar-refractivity contribution is 5.79. The quantitative estimate of drug-likeness (QED) is 0.715. The molecule has 1 aliphatic rings. The second-order valence-corrected chi connectivity index (χ2v) is 7.54. The maximum absolute atomic E-state index is 12.3. The number of hydrogen-bond acceptors (Lipinski definition) is 4. The van der Waals surface area contributed by atoms with Gasteiger partial charge in [-0.3, -0.25) is 4.79 Å². The van der Waals surface area contributed by atoms with Crippen molar-refractivity contribution in [3.05, 3.63) is 70.0 Å². The number of aromatic nitrogens is 1. The summed E-state index contributed by atoms with van der Waals surface area (Å²) in [7, 11) is 0. The molecule has 3 aromatic rings. The van der Waals surface area contributed by atoms with Gasteiger partial charge in [-0.25, -0.2) is 0 Å². The zero-order valence-electron chi connectivity index (χ0n) is 16.7. The van der Waals surface area contributed by atoms with Crippen LogP contribution in [0.1, 0.15) is 18.1 Å². The first-order chi connectivity index (χ1) is 13.6. The molecule has 1 aromatic heterocycles. The Morgan fingerprint density at radius 1 is 1.00 bits per heavy atom. The molecule has 0 atom stereocenters. The largest absolute Gasteiger partial charge is 0.381 e. The SMILES string of the molecule is CCN1CCN(c2ccc(NCc3cc4cc(C)ccc4[nH]c3=O)cc2)CC1. The Bertz CT molecular complexity index is 1000. The number of rotatable bonds is 5. The lowest BCUT2D eigenvalue weighted by Crippen LogP contribution is -2.46. The van der Waals surface area contributed by atoms with E-state index in [0.717, 1.165) is 54.9 Å². The van der Waals surface area contributed by atoms with Gasteiger partial charge in [0, 0.05) is 55.2 Å². The van der Waals surface area contributed by atoms with Gasteiger partial charge in [0.25, 0.3) is 5.56 Å². The molecule has 0 unspecified atom stereocenters. The number of likely N-dealkylation sites (N-methyl/N-ethyl adjacent to an activating group) is 1. The fourth-order valence-corrected chi connectivity index (χ4v) is 3.81. The van der Waals surface area contributed by atoms with Crippen LogP contribution in [0.5, 0.6) is 0 Å². The molecule has 2 aromatic carbocycles. The highest BCUT2D eigenvalue weighted by Gasteiger charge is 2.15. The molecule has 0 spiro atoms. The van der Waals surface area contributed by atoms with Crippen LogP contribution in [0.2, 0.25) is 0 Å². The maximum atomic E-state index is 12.3. The molecule has 0 amide bonds. The van der Waals surface area contributed by atoms with Crippen LogP contribution in [0, 0.1) is 6.92 Å². The average molecular weight is 377 g/mol. The van der Waals surface area contributed by atoms with E-state index in [1.165, 1.54) is 11.3 Å². The Balaban J connectivity index is 1.42. The molecule has 0 bridgehead atoms. The van der Waals surface area contributed by atoms with Gasteiger partial charge in [0.1, 0.15) is 0 Å². The van der Waals surface area contributed by atoms with Crippen molar-refractivity contribution in [2.24, 2.45) is 0 Å². The fraction of sp³-hybridized carbons (Fsp3) is 0.348. The Labute approximate surface area is 166 Å². The molecule has 28 heavy (non-hydrogen) atoms. The normalized spacial score (nSPS) is 15.1. The first-order valence-electron chi connectivity index (χ1n) is 10.1. The van der Waals surface area contributed by atoms with Gasteiger partial charge >= 0.3 is 0 Å². The molecule has 0 saturated carbocycles. The minimum Gasteiger partial charge on any atom is -0.381 e. The predicted octanol–water partition coefficient (Wildman–Crippen LogP) is 3.59. The first-order valence-corrected chi connectivity index (χ1v) is 10.1. The number of aryl methyl sites for hydroxylation is 1. The predicted molar refractivity (Wildman–Crippen MR) is 117 cm³/mol. The van der Waals surface area contributed by atoms with E-state index in [1.54, 1.807) is 0 Å². The highest BCUT2D eigenvalue weighted by atomic mass is 16.1. The molecule has 5 nitrogen and oxygen atoms in total. The van der Waals surface area contributed by atoms with Gasteiger partial charge in [-0.2, -0.15) is 0 Å². The Morgan fingerprint density at radius 2 is 1.75 bits per heavy atom. The number of hydrogen-bond donors (Lipinski definition) is 2. The molecular weight excluding hydrogens is 348 g/mol. The summed E-state index contributed by atoms with van der Waals surface area (Å²) >= 11 is 0. The van der Waals surface area contributed by atoms with Crippen molar-refractivity contribution < 1.29 is 0 Å². The fourth-order valence-electron chi connectivity index (χ4n) is 3.81. The van der Waals surface area contributed by atoms with E-state index in [2.05, 4.69) is 64.3 Å². The van der Waals surface area contributed by atoms with Crippen LogP contribution in [-0.4, -0.2) is 42.6 Å². The molecule has 2 heterocycles. The van der Waals surface area contributed by atoms with Gasteiger partial charge in [0.15, 0.2) is 0 Å². The Morgan fingerprint density at radius 3 is 2.46 bits per heavy atom. The van der Waals surface area contributed by atoms with Crippen molar-refractivity contribution in [1.82, 2.24) is 9.88 Å². The Hall–Kier alpha value is -2.79. The number of benzene rings is 2. The van der Waals surface area contributed by atoms with Crippen molar-refractivity contribution in [3.63, 3.8) is 0 Å². The lowest BCUT2D eigenvalue weighted by molar-refractivity contribution is 0.271. The summed E-state index contributed by atoms with van der Waals surface area (Å²) in [5, 5.41) is 4.45. The van der Waals surface area contributed by atoms with Crippen LogP contribution in [-0.2, 0) is 6.54 Å².